The molecule has 0 aromatic heterocycles. The number of aliphatic hydroxyl groups is 1. The molecule has 1 aromatic carbocycles. The minimum absolute atomic E-state index is 0.0760. The van der Waals surface area contributed by atoms with Crippen molar-refractivity contribution in [3.8, 4) is 11.5 Å². The van der Waals surface area contributed by atoms with Gasteiger partial charge in [-0.1, -0.05) is 13.0 Å². The average molecular weight is 253 g/mol. The van der Waals surface area contributed by atoms with Crippen LogP contribution >= 0.6 is 0 Å². The monoisotopic (exact) mass is 253 g/mol. The number of hydrogen-bond donors (Lipinski definition) is 2. The van der Waals surface area contributed by atoms with Crippen LogP contribution in [-0.4, -0.2) is 23.7 Å². The zero-order chi connectivity index (χ0) is 13.5. The molecule has 1 aromatic rings. The van der Waals surface area contributed by atoms with Crippen molar-refractivity contribution in [2.45, 2.75) is 33.0 Å². The van der Waals surface area contributed by atoms with E-state index in [2.05, 4.69) is 0 Å². The van der Waals surface area contributed by atoms with Crippen LogP contribution in [0.3, 0.4) is 0 Å². The van der Waals surface area contributed by atoms with E-state index < -0.39 is 12.0 Å². The fourth-order valence-corrected chi connectivity index (χ4v) is 1.51. The molecule has 0 saturated heterocycles. The van der Waals surface area contributed by atoms with Crippen LogP contribution in [0, 0.1) is 0 Å². The van der Waals surface area contributed by atoms with E-state index in [0.29, 0.717) is 24.5 Å². The summed E-state index contributed by atoms with van der Waals surface area (Å²) < 4.78 is 10.9. The van der Waals surface area contributed by atoms with Crippen molar-refractivity contribution in [3.63, 3.8) is 0 Å². The first-order valence-electron chi connectivity index (χ1n) is 5.94. The molecule has 1 amide bonds. The number of amides is 1. The van der Waals surface area contributed by atoms with Crippen molar-refractivity contribution in [3.05, 3.63) is 23.8 Å². The van der Waals surface area contributed by atoms with Gasteiger partial charge in [-0.05, 0) is 31.0 Å². The Morgan fingerprint density at radius 3 is 2.61 bits per heavy atom. The van der Waals surface area contributed by atoms with Gasteiger partial charge in [-0.25, -0.2) is 0 Å². The Morgan fingerprint density at radius 2 is 2.11 bits per heavy atom. The molecule has 0 radical (unpaired) electrons. The predicted molar refractivity (Wildman–Crippen MR) is 67.4 cm³/mol. The zero-order valence-corrected chi connectivity index (χ0v) is 10.7. The minimum atomic E-state index is -0.677. The maximum absolute atomic E-state index is 11.1. The number of hydrogen-bond acceptors (Lipinski definition) is 4. The molecule has 18 heavy (non-hydrogen) atoms. The number of rotatable bonds is 7. The molecule has 5 heteroatoms. The maximum Gasteiger partial charge on any atom is 0.258 e. The van der Waals surface area contributed by atoms with Crippen LogP contribution in [-0.2, 0) is 11.4 Å². The van der Waals surface area contributed by atoms with Gasteiger partial charge in [0.25, 0.3) is 5.91 Å². The summed E-state index contributed by atoms with van der Waals surface area (Å²) in [5, 5.41) is 9.07. The van der Waals surface area contributed by atoms with Gasteiger partial charge in [-0.3, -0.25) is 4.79 Å². The highest BCUT2D eigenvalue weighted by Gasteiger charge is 2.17. The topological polar surface area (TPSA) is 81.8 Å². The van der Waals surface area contributed by atoms with E-state index in [1.165, 1.54) is 0 Å². The third-order valence-electron chi connectivity index (χ3n) is 2.45. The molecule has 0 aliphatic rings. The van der Waals surface area contributed by atoms with E-state index in [0.717, 1.165) is 5.56 Å². The molecule has 0 heterocycles. The first-order valence-corrected chi connectivity index (χ1v) is 5.94. The first kappa shape index (κ1) is 14.3. The molecular formula is C13H19NO4. The molecule has 1 atom stereocenters. The largest absolute Gasteiger partial charge is 0.490 e. The van der Waals surface area contributed by atoms with E-state index in [4.69, 9.17) is 20.3 Å². The van der Waals surface area contributed by atoms with Gasteiger partial charge in [0.05, 0.1) is 13.2 Å². The van der Waals surface area contributed by atoms with Gasteiger partial charge >= 0.3 is 0 Å². The number of primary amides is 1. The Bertz CT molecular complexity index is 406. The van der Waals surface area contributed by atoms with Gasteiger partial charge in [0, 0.05) is 0 Å². The van der Waals surface area contributed by atoms with E-state index in [9.17, 15) is 4.79 Å². The quantitative estimate of drug-likeness (QED) is 0.765. The Hall–Kier alpha value is -1.75. The van der Waals surface area contributed by atoms with E-state index in [-0.39, 0.29) is 6.61 Å². The summed E-state index contributed by atoms with van der Waals surface area (Å²) in [5.41, 5.74) is 5.95. The highest BCUT2D eigenvalue weighted by atomic mass is 16.5. The number of carbonyl (C=O) groups excluding carboxylic acids is 1. The van der Waals surface area contributed by atoms with Gasteiger partial charge < -0.3 is 20.3 Å². The van der Waals surface area contributed by atoms with Crippen LogP contribution in [0.5, 0.6) is 11.5 Å². The van der Waals surface area contributed by atoms with E-state index in [1.807, 2.05) is 13.8 Å². The lowest BCUT2D eigenvalue weighted by molar-refractivity contribution is -0.124. The normalized spacial score (nSPS) is 11.9. The van der Waals surface area contributed by atoms with Crippen molar-refractivity contribution >= 4 is 5.91 Å². The summed E-state index contributed by atoms with van der Waals surface area (Å²) in [5.74, 6) is 0.453. The van der Waals surface area contributed by atoms with Crippen molar-refractivity contribution in [2.75, 3.05) is 6.61 Å². The molecule has 0 spiro atoms. The second-order valence-corrected chi connectivity index (χ2v) is 3.79. The molecule has 0 aliphatic heterocycles. The molecule has 1 rings (SSSR count). The summed E-state index contributed by atoms with van der Waals surface area (Å²) in [4.78, 5) is 11.1. The Labute approximate surface area is 107 Å². The van der Waals surface area contributed by atoms with Crippen LogP contribution in [0.2, 0.25) is 0 Å². The SMILES string of the molecule is CCOc1cc(CO)ccc1OC(CC)C(N)=O. The standard InChI is InChI=1S/C13H19NO4/c1-3-10(13(14)16)18-11-6-5-9(8-15)7-12(11)17-4-2/h5-7,10,15H,3-4,8H2,1-2H3,(H2,14,16). The molecule has 1 unspecified atom stereocenters. The number of aliphatic hydroxyl groups excluding tert-OH is 1. The number of benzene rings is 1. The predicted octanol–water partition coefficient (Wildman–Crippen LogP) is 1.22. The number of nitrogens with two attached hydrogens (primary N) is 1. The van der Waals surface area contributed by atoms with Gasteiger partial charge in [0.1, 0.15) is 0 Å². The van der Waals surface area contributed by atoms with Crippen molar-refractivity contribution < 1.29 is 19.4 Å². The molecule has 100 valence electrons. The Kier molecular flexibility index (Phi) is 5.45. The molecule has 0 aliphatic carbocycles. The van der Waals surface area contributed by atoms with Crippen molar-refractivity contribution in [2.24, 2.45) is 5.73 Å². The summed E-state index contributed by atoms with van der Waals surface area (Å²) in [7, 11) is 0. The zero-order valence-electron chi connectivity index (χ0n) is 10.7. The molecular weight excluding hydrogens is 234 g/mol. The second-order valence-electron chi connectivity index (χ2n) is 3.79. The van der Waals surface area contributed by atoms with Gasteiger partial charge in [-0.15, -0.1) is 0 Å². The summed E-state index contributed by atoms with van der Waals surface area (Å²) in [6.07, 6.45) is -0.188. The fourth-order valence-electron chi connectivity index (χ4n) is 1.51. The second kappa shape index (κ2) is 6.86. The fraction of sp³-hybridized carbons (Fsp3) is 0.462. The first-order chi connectivity index (χ1) is 8.62. The van der Waals surface area contributed by atoms with Crippen LogP contribution in [0.4, 0.5) is 0 Å². The molecule has 0 saturated carbocycles. The number of carbonyl (C=O) groups is 1. The molecule has 5 nitrogen and oxygen atoms in total. The van der Waals surface area contributed by atoms with Crippen molar-refractivity contribution in [1.82, 2.24) is 0 Å². The van der Waals surface area contributed by atoms with Crippen LogP contribution in [0.15, 0.2) is 18.2 Å². The molecule has 3 N–H and O–H groups in total. The van der Waals surface area contributed by atoms with E-state index >= 15 is 0 Å². The Balaban J connectivity index is 2.95. The highest BCUT2D eigenvalue weighted by Crippen LogP contribution is 2.29. The Morgan fingerprint density at radius 1 is 1.39 bits per heavy atom. The van der Waals surface area contributed by atoms with Gasteiger partial charge in [0.2, 0.25) is 0 Å². The van der Waals surface area contributed by atoms with Crippen LogP contribution in [0.25, 0.3) is 0 Å². The van der Waals surface area contributed by atoms with Crippen LogP contribution < -0.4 is 15.2 Å². The average Bonchev–Trinajstić information content (AvgIpc) is 2.37. The summed E-state index contributed by atoms with van der Waals surface area (Å²) in [6.45, 7) is 4.06. The maximum atomic E-state index is 11.1. The van der Waals surface area contributed by atoms with Crippen molar-refractivity contribution in [1.29, 1.82) is 0 Å². The third kappa shape index (κ3) is 3.63. The lowest BCUT2D eigenvalue weighted by Gasteiger charge is -2.17. The smallest absolute Gasteiger partial charge is 0.258 e. The summed E-state index contributed by atoms with van der Waals surface area (Å²) >= 11 is 0. The highest BCUT2D eigenvalue weighted by molar-refractivity contribution is 5.79. The van der Waals surface area contributed by atoms with Gasteiger partial charge in [-0.2, -0.15) is 0 Å². The molecule has 0 bridgehead atoms. The summed E-state index contributed by atoms with van der Waals surface area (Å²) in [6, 6.07) is 5.07. The number of ether oxygens (including phenoxy) is 2. The van der Waals surface area contributed by atoms with Crippen LogP contribution in [0.1, 0.15) is 25.8 Å². The lowest BCUT2D eigenvalue weighted by atomic mass is 10.2. The lowest BCUT2D eigenvalue weighted by Crippen LogP contribution is -2.33. The van der Waals surface area contributed by atoms with E-state index in [1.54, 1.807) is 18.2 Å². The molecule has 0 fully saturated rings. The van der Waals surface area contributed by atoms with Gasteiger partial charge in [0.15, 0.2) is 17.6 Å². The minimum Gasteiger partial charge on any atom is -0.490 e. The third-order valence-corrected chi connectivity index (χ3v) is 2.45.